The molecule has 138 valence electrons. The molecule has 1 aliphatic rings. The summed E-state index contributed by atoms with van der Waals surface area (Å²) >= 11 is 0. The molecule has 1 unspecified atom stereocenters. The maximum Gasteiger partial charge on any atom is 2.00 e. The van der Waals surface area contributed by atoms with Crippen LogP contribution in [0.5, 0.6) is 0 Å². The van der Waals surface area contributed by atoms with Crippen LogP contribution in [0.4, 0.5) is 0 Å². The summed E-state index contributed by atoms with van der Waals surface area (Å²) in [7, 11) is 0. The van der Waals surface area contributed by atoms with E-state index in [9.17, 15) is 4.79 Å². The Hall–Kier alpha value is -0.150. The molecule has 2 nitrogen and oxygen atoms in total. The molecule has 1 N–H and O–H groups in total. The predicted molar refractivity (Wildman–Crippen MR) is 99.2 cm³/mol. The zero-order valence-corrected chi connectivity index (χ0v) is 18.6. The Balaban J connectivity index is -0.0000000540. The molecular weight excluding hydrogens is 436 g/mol. The van der Waals surface area contributed by atoms with Gasteiger partial charge in [0, 0.05) is 0 Å². The fourth-order valence-corrected chi connectivity index (χ4v) is 1.75. The summed E-state index contributed by atoms with van der Waals surface area (Å²) in [4.78, 5) is 10.3. The van der Waals surface area contributed by atoms with Crippen molar-refractivity contribution in [2.75, 3.05) is 0 Å². The van der Waals surface area contributed by atoms with Gasteiger partial charge in [0.2, 0.25) is 0 Å². The van der Waals surface area contributed by atoms with Crippen molar-refractivity contribution in [1.82, 2.24) is 0 Å². The van der Waals surface area contributed by atoms with Gasteiger partial charge in [0.1, 0.15) is 0 Å². The van der Waals surface area contributed by atoms with Gasteiger partial charge in [-0.2, -0.15) is 11.1 Å². The number of halogens is 2. The summed E-state index contributed by atoms with van der Waals surface area (Å²) in [6.45, 7) is 8.67. The molecule has 0 heterocycles. The molecule has 24 heavy (non-hydrogen) atoms. The van der Waals surface area contributed by atoms with Crippen LogP contribution in [0, 0.1) is 26.8 Å². The second-order valence-electron chi connectivity index (χ2n) is 4.49. The second kappa shape index (κ2) is 19.2. The molecule has 2 rings (SSSR count). The molecule has 1 amide bonds. The van der Waals surface area contributed by atoms with Crippen molar-refractivity contribution >= 4 is 16.9 Å². The normalized spacial score (nSPS) is 13.5. The van der Waals surface area contributed by atoms with E-state index in [2.05, 4.69) is 33.8 Å². The van der Waals surface area contributed by atoms with Gasteiger partial charge in [-0.05, 0) is 16.5 Å². The first-order chi connectivity index (χ1) is 8.43. The SMILES string of the molecule is CC1=[C-]C(C)C(C)=C1C.[CH3-].[CH3-].[Cl-].[Cl-].[NH-]C(=O)c1ccccc1.[SiH4].[Zr+2]. The van der Waals surface area contributed by atoms with Crippen molar-refractivity contribution in [2.45, 2.75) is 27.7 Å². The van der Waals surface area contributed by atoms with Crippen LogP contribution < -0.4 is 24.8 Å². The maximum absolute atomic E-state index is 10.3. The second-order valence-corrected chi connectivity index (χ2v) is 4.49. The number of rotatable bonds is 1. The number of amides is 1. The minimum atomic E-state index is -0.629. The van der Waals surface area contributed by atoms with Gasteiger partial charge in [0.05, 0.1) is 5.91 Å². The Bertz CT molecular complexity index is 505. The van der Waals surface area contributed by atoms with Crippen molar-refractivity contribution < 1.29 is 55.8 Å². The third-order valence-electron chi connectivity index (χ3n) is 3.27. The third-order valence-corrected chi connectivity index (χ3v) is 3.27. The first-order valence-electron chi connectivity index (χ1n) is 6.02. The average Bonchev–Trinajstić information content (AvgIpc) is 2.58. The first kappa shape index (κ1) is 39.1. The summed E-state index contributed by atoms with van der Waals surface area (Å²) in [6, 6.07) is 8.53. The maximum atomic E-state index is 10.3. The van der Waals surface area contributed by atoms with Crippen LogP contribution >= 0.6 is 0 Å². The van der Waals surface area contributed by atoms with E-state index >= 15 is 0 Å². The Labute approximate surface area is 184 Å². The van der Waals surface area contributed by atoms with Gasteiger partial charge >= 0.3 is 26.2 Å². The fraction of sp³-hybridized carbons (Fsp3) is 0.278. The number of carbonyl (C=O) groups is 1. The Morgan fingerprint density at radius 2 is 1.46 bits per heavy atom. The molecule has 1 aromatic rings. The molecule has 0 bridgehead atoms. The summed E-state index contributed by atoms with van der Waals surface area (Å²) in [5, 5.41) is 0. The van der Waals surface area contributed by atoms with Crippen LogP contribution in [-0.2, 0) is 26.2 Å². The van der Waals surface area contributed by atoms with Crippen LogP contribution in [0.1, 0.15) is 38.1 Å². The van der Waals surface area contributed by atoms with Gasteiger partial charge < -0.3 is 50.2 Å². The zero-order valence-electron chi connectivity index (χ0n) is 14.6. The molecule has 1 aliphatic carbocycles. The van der Waals surface area contributed by atoms with Crippen molar-refractivity contribution in [2.24, 2.45) is 5.92 Å². The number of carbonyl (C=O) groups excluding carboxylic acids is 1. The number of nitrogens with one attached hydrogen (secondary N) is 1. The number of hydrogen-bond acceptors (Lipinski definition) is 1. The monoisotopic (exact) mass is 463 g/mol. The molecule has 6 heteroatoms. The molecule has 0 radical (unpaired) electrons. The van der Waals surface area contributed by atoms with E-state index in [1.165, 1.54) is 16.7 Å². The molecule has 0 saturated heterocycles. The first-order valence-corrected chi connectivity index (χ1v) is 6.02. The van der Waals surface area contributed by atoms with Crippen molar-refractivity contribution in [3.63, 3.8) is 0 Å². The number of hydrogen-bond donors (Lipinski definition) is 0. The minimum Gasteiger partial charge on any atom is -1.00 e. The smallest absolute Gasteiger partial charge is 1.00 e. The van der Waals surface area contributed by atoms with E-state index in [1.54, 1.807) is 24.3 Å². The van der Waals surface area contributed by atoms with Crippen LogP contribution in [0.3, 0.4) is 0 Å². The molecule has 0 aliphatic heterocycles. The van der Waals surface area contributed by atoms with E-state index < -0.39 is 5.91 Å². The van der Waals surface area contributed by atoms with Crippen LogP contribution in [0.25, 0.3) is 5.73 Å². The molecule has 0 fully saturated rings. The largest absolute Gasteiger partial charge is 2.00 e. The topological polar surface area (TPSA) is 40.9 Å². The van der Waals surface area contributed by atoms with E-state index in [1.807, 2.05) is 6.07 Å². The predicted octanol–water partition coefficient (Wildman–Crippen LogP) is -1.94. The van der Waals surface area contributed by atoms with Crippen LogP contribution in [-0.4, -0.2) is 16.9 Å². The minimum absolute atomic E-state index is 0. The Kier molecular flexibility index (Phi) is 31.2. The van der Waals surface area contributed by atoms with E-state index in [0.29, 0.717) is 11.5 Å². The van der Waals surface area contributed by atoms with Crippen LogP contribution in [0.2, 0.25) is 0 Å². The summed E-state index contributed by atoms with van der Waals surface area (Å²) in [5.41, 5.74) is 11.4. The van der Waals surface area contributed by atoms with E-state index in [0.717, 1.165) is 0 Å². The number of benzene rings is 1. The van der Waals surface area contributed by atoms with Crippen molar-refractivity contribution in [3.8, 4) is 0 Å². The quantitative estimate of drug-likeness (QED) is 0.351. The molecule has 0 aromatic heterocycles. The summed E-state index contributed by atoms with van der Waals surface area (Å²) < 4.78 is 0. The molecule has 0 spiro atoms. The van der Waals surface area contributed by atoms with E-state index in [4.69, 9.17) is 5.73 Å². The van der Waals surface area contributed by atoms with Gasteiger partial charge in [0.15, 0.2) is 0 Å². The van der Waals surface area contributed by atoms with Gasteiger partial charge in [-0.3, -0.25) is 6.08 Å². The summed E-state index contributed by atoms with van der Waals surface area (Å²) in [5.74, 6) is -0.0689. The van der Waals surface area contributed by atoms with Gasteiger partial charge in [-0.25, -0.2) is 5.57 Å². The molecule has 0 saturated carbocycles. The third kappa shape index (κ3) is 12.2. The average molecular weight is 466 g/mol. The molecule has 1 atom stereocenters. The summed E-state index contributed by atoms with van der Waals surface area (Å²) in [6.07, 6.45) is 3.36. The van der Waals surface area contributed by atoms with Gasteiger partial charge in [-0.15, -0.1) is 6.92 Å². The fourth-order valence-electron chi connectivity index (χ4n) is 1.75. The number of allylic oxidation sites excluding steroid dienone is 4. The van der Waals surface area contributed by atoms with Gasteiger partial charge in [0.25, 0.3) is 0 Å². The zero-order chi connectivity index (χ0) is 13.7. The Morgan fingerprint density at radius 1 is 1.04 bits per heavy atom. The molecule has 1 aromatic carbocycles. The van der Waals surface area contributed by atoms with Crippen LogP contribution in [0.15, 0.2) is 47.1 Å². The van der Waals surface area contributed by atoms with E-state index in [-0.39, 0.29) is 76.8 Å². The molecular formula is C18H29Cl2NOSiZr-4. The standard InChI is InChI=1S/C9H13.C7H7NO.2CH3.2ClH.H4Si.Zr/c1-6-5-7(2)9(4)8(6)3;8-7(9)6-4-2-1-3-5-6;;;;;;/h6H,1-4H3;1-5H,(H2,8,9);2*1H3;2*1H;1H4;/q-1;;2*-1;;;;+2/p-3. The van der Waals surface area contributed by atoms with Gasteiger partial charge in [-0.1, -0.05) is 57.0 Å². The van der Waals surface area contributed by atoms with Crippen molar-refractivity contribution in [3.05, 3.63) is 79.3 Å². The Morgan fingerprint density at radius 3 is 1.62 bits per heavy atom. The van der Waals surface area contributed by atoms with Crippen molar-refractivity contribution in [1.29, 1.82) is 0 Å².